The van der Waals surface area contributed by atoms with Crippen molar-refractivity contribution in [3.05, 3.63) is 34.2 Å². The van der Waals surface area contributed by atoms with Gasteiger partial charge in [-0.25, -0.2) is 4.79 Å². The van der Waals surface area contributed by atoms with Crippen LogP contribution in [0.4, 0.5) is 0 Å². The Kier molecular flexibility index (Phi) is 6.30. The van der Waals surface area contributed by atoms with Crippen molar-refractivity contribution in [1.82, 2.24) is 14.5 Å². The molecule has 0 saturated heterocycles. The molecular formula is C15H24ClN3O. The minimum atomic E-state index is 0. The fraction of sp³-hybridized carbons (Fsp3) is 0.533. The maximum atomic E-state index is 11.8. The molecule has 2 aromatic rings. The molecule has 0 fully saturated rings. The molecule has 1 aromatic carbocycles. The van der Waals surface area contributed by atoms with Gasteiger partial charge in [0, 0.05) is 20.6 Å². The van der Waals surface area contributed by atoms with E-state index in [1.54, 1.807) is 9.13 Å². The second-order valence-electron chi connectivity index (χ2n) is 5.11. The van der Waals surface area contributed by atoms with Crippen molar-refractivity contribution in [2.75, 3.05) is 6.54 Å². The van der Waals surface area contributed by atoms with E-state index >= 15 is 0 Å². The Morgan fingerprint density at radius 1 is 1.10 bits per heavy atom. The summed E-state index contributed by atoms with van der Waals surface area (Å²) in [5.41, 5.74) is 3.25. The first kappa shape index (κ1) is 16.8. The van der Waals surface area contributed by atoms with Crippen LogP contribution >= 0.6 is 12.4 Å². The summed E-state index contributed by atoms with van der Waals surface area (Å²) in [6.45, 7) is 4.13. The summed E-state index contributed by atoms with van der Waals surface area (Å²) in [6.07, 6.45) is 3.75. The van der Waals surface area contributed by atoms with E-state index in [1.807, 2.05) is 20.2 Å². The Labute approximate surface area is 126 Å². The topological polar surface area (TPSA) is 39.0 Å². The lowest BCUT2D eigenvalue weighted by Crippen LogP contribution is -2.19. The number of unbranched alkanes of at least 4 members (excludes halogenated alkanes) is 2. The first-order valence-electron chi connectivity index (χ1n) is 7.00. The summed E-state index contributed by atoms with van der Waals surface area (Å²) in [4.78, 5) is 11.8. The summed E-state index contributed by atoms with van der Waals surface area (Å²) >= 11 is 0. The maximum absolute atomic E-state index is 11.8. The number of hydrogen-bond donors (Lipinski definition) is 1. The molecule has 0 spiro atoms. The van der Waals surface area contributed by atoms with Crippen molar-refractivity contribution in [2.45, 2.75) is 32.7 Å². The number of aromatic nitrogens is 2. The van der Waals surface area contributed by atoms with Crippen molar-refractivity contribution in [3.8, 4) is 0 Å². The fourth-order valence-corrected chi connectivity index (χ4v) is 2.40. The van der Waals surface area contributed by atoms with E-state index in [1.165, 1.54) is 24.8 Å². The molecule has 0 radical (unpaired) electrons. The highest BCUT2D eigenvalue weighted by Gasteiger charge is 2.07. The van der Waals surface area contributed by atoms with Crippen LogP contribution in [0.5, 0.6) is 0 Å². The maximum Gasteiger partial charge on any atom is 0.328 e. The Morgan fingerprint density at radius 2 is 1.80 bits per heavy atom. The normalized spacial score (nSPS) is 10.8. The highest BCUT2D eigenvalue weighted by Crippen LogP contribution is 2.13. The van der Waals surface area contributed by atoms with E-state index in [2.05, 4.69) is 24.4 Å². The van der Waals surface area contributed by atoms with Gasteiger partial charge in [-0.2, -0.15) is 0 Å². The van der Waals surface area contributed by atoms with Gasteiger partial charge in [0.05, 0.1) is 11.0 Å². The van der Waals surface area contributed by atoms with Crippen molar-refractivity contribution >= 4 is 23.4 Å². The highest BCUT2D eigenvalue weighted by atomic mass is 35.5. The van der Waals surface area contributed by atoms with Crippen LogP contribution in [0.2, 0.25) is 0 Å². The second kappa shape index (κ2) is 7.50. The average Bonchev–Trinajstić information content (AvgIpc) is 2.64. The van der Waals surface area contributed by atoms with Crippen LogP contribution in [0.1, 0.15) is 31.7 Å². The zero-order chi connectivity index (χ0) is 13.8. The minimum Gasteiger partial charge on any atom is -0.313 e. The van der Waals surface area contributed by atoms with Gasteiger partial charge in [-0.1, -0.05) is 25.8 Å². The van der Waals surface area contributed by atoms with Crippen molar-refractivity contribution < 1.29 is 0 Å². The summed E-state index contributed by atoms with van der Waals surface area (Å²) in [5, 5.41) is 3.45. The van der Waals surface area contributed by atoms with Crippen LogP contribution in [-0.4, -0.2) is 15.7 Å². The van der Waals surface area contributed by atoms with E-state index in [-0.39, 0.29) is 18.1 Å². The Morgan fingerprint density at radius 3 is 2.50 bits per heavy atom. The molecule has 20 heavy (non-hydrogen) atoms. The first-order chi connectivity index (χ1) is 9.15. The number of halogens is 1. The summed E-state index contributed by atoms with van der Waals surface area (Å²) in [6, 6.07) is 6.22. The van der Waals surface area contributed by atoms with Crippen LogP contribution in [-0.2, 0) is 20.6 Å². The van der Waals surface area contributed by atoms with E-state index in [0.29, 0.717) is 0 Å². The lowest BCUT2D eigenvalue weighted by molar-refractivity contribution is 0.617. The molecular weight excluding hydrogens is 274 g/mol. The lowest BCUT2D eigenvalue weighted by Gasteiger charge is -2.05. The largest absolute Gasteiger partial charge is 0.328 e. The summed E-state index contributed by atoms with van der Waals surface area (Å²) < 4.78 is 3.39. The van der Waals surface area contributed by atoms with Crippen molar-refractivity contribution in [2.24, 2.45) is 14.1 Å². The quantitative estimate of drug-likeness (QED) is 0.832. The number of benzene rings is 1. The lowest BCUT2D eigenvalue weighted by atomic mass is 10.2. The molecule has 5 heteroatoms. The molecule has 0 aliphatic heterocycles. The summed E-state index contributed by atoms with van der Waals surface area (Å²) in [5.74, 6) is 0. The van der Waals surface area contributed by atoms with Gasteiger partial charge in [-0.3, -0.25) is 9.13 Å². The number of nitrogens with zero attached hydrogens (tertiary/aromatic N) is 2. The van der Waals surface area contributed by atoms with Gasteiger partial charge in [-0.05, 0) is 30.7 Å². The van der Waals surface area contributed by atoms with E-state index < -0.39 is 0 Å². The number of nitrogens with one attached hydrogen (secondary N) is 1. The molecule has 0 atom stereocenters. The van der Waals surface area contributed by atoms with E-state index in [0.717, 1.165) is 24.1 Å². The van der Waals surface area contributed by atoms with Gasteiger partial charge in [0.2, 0.25) is 0 Å². The number of hydrogen-bond acceptors (Lipinski definition) is 2. The number of aryl methyl sites for hydroxylation is 2. The van der Waals surface area contributed by atoms with Crippen molar-refractivity contribution in [3.63, 3.8) is 0 Å². The molecule has 0 aliphatic rings. The molecule has 1 heterocycles. The SMILES string of the molecule is CCCCCNCc1ccc2c(c1)n(C)c(=O)n2C.Cl. The third-order valence-corrected chi connectivity index (χ3v) is 3.62. The second-order valence-corrected chi connectivity index (χ2v) is 5.11. The third kappa shape index (κ3) is 3.44. The third-order valence-electron chi connectivity index (χ3n) is 3.62. The van der Waals surface area contributed by atoms with Gasteiger partial charge < -0.3 is 5.32 Å². The van der Waals surface area contributed by atoms with E-state index in [4.69, 9.17) is 0 Å². The monoisotopic (exact) mass is 297 g/mol. The van der Waals surface area contributed by atoms with Gasteiger partial charge in [-0.15, -0.1) is 12.4 Å². The van der Waals surface area contributed by atoms with Gasteiger partial charge in [0.1, 0.15) is 0 Å². The van der Waals surface area contributed by atoms with Crippen LogP contribution in [0.15, 0.2) is 23.0 Å². The molecule has 0 aliphatic carbocycles. The zero-order valence-electron chi connectivity index (χ0n) is 12.5. The van der Waals surface area contributed by atoms with Crippen molar-refractivity contribution in [1.29, 1.82) is 0 Å². The molecule has 0 bridgehead atoms. The predicted molar refractivity (Wildman–Crippen MR) is 86.6 cm³/mol. The van der Waals surface area contributed by atoms with Crippen LogP contribution < -0.4 is 11.0 Å². The first-order valence-corrected chi connectivity index (χ1v) is 7.00. The van der Waals surface area contributed by atoms with Crippen LogP contribution in [0, 0.1) is 0 Å². The average molecular weight is 298 g/mol. The van der Waals surface area contributed by atoms with Crippen LogP contribution in [0.25, 0.3) is 11.0 Å². The molecule has 1 N–H and O–H groups in total. The number of fused-ring (bicyclic) bond motifs is 1. The van der Waals surface area contributed by atoms with Crippen LogP contribution in [0.3, 0.4) is 0 Å². The number of rotatable bonds is 6. The molecule has 2 rings (SSSR count). The molecule has 4 nitrogen and oxygen atoms in total. The Balaban J connectivity index is 0.00000200. The molecule has 0 unspecified atom stereocenters. The molecule has 112 valence electrons. The smallest absolute Gasteiger partial charge is 0.313 e. The molecule has 0 amide bonds. The fourth-order valence-electron chi connectivity index (χ4n) is 2.40. The molecule has 0 saturated carbocycles. The summed E-state index contributed by atoms with van der Waals surface area (Å²) in [7, 11) is 3.64. The predicted octanol–water partition coefficient (Wildman–Crippen LogP) is 2.58. The number of imidazole rings is 1. The zero-order valence-corrected chi connectivity index (χ0v) is 13.3. The molecule has 1 aromatic heterocycles. The minimum absolute atomic E-state index is 0. The Bertz CT molecular complexity index is 615. The van der Waals surface area contributed by atoms with Gasteiger partial charge >= 0.3 is 5.69 Å². The van der Waals surface area contributed by atoms with Gasteiger partial charge in [0.25, 0.3) is 0 Å². The highest BCUT2D eigenvalue weighted by molar-refractivity contribution is 5.85. The standard InChI is InChI=1S/C15H23N3O.ClH/c1-4-5-6-9-16-11-12-7-8-13-14(10-12)18(3)15(19)17(13)2;/h7-8,10,16H,4-6,9,11H2,1-3H3;1H. The van der Waals surface area contributed by atoms with Gasteiger partial charge in [0.15, 0.2) is 0 Å². The van der Waals surface area contributed by atoms with E-state index in [9.17, 15) is 4.79 Å². The Hall–Kier alpha value is -1.26.